The van der Waals surface area contributed by atoms with Crippen molar-refractivity contribution in [1.82, 2.24) is 0 Å². The predicted molar refractivity (Wildman–Crippen MR) is 86.8 cm³/mol. The Hall–Kier alpha value is -2.07. The molecule has 0 aliphatic carbocycles. The van der Waals surface area contributed by atoms with Gasteiger partial charge in [-0.2, -0.15) is 0 Å². The van der Waals surface area contributed by atoms with E-state index in [-0.39, 0.29) is 5.82 Å². The lowest BCUT2D eigenvalue weighted by atomic mass is 10.1. The molecule has 0 unspecified atom stereocenters. The van der Waals surface area contributed by atoms with Crippen molar-refractivity contribution in [2.45, 2.75) is 6.61 Å². The quantitative estimate of drug-likeness (QED) is 0.685. The van der Waals surface area contributed by atoms with Gasteiger partial charge in [0, 0.05) is 16.5 Å². The molecule has 3 aromatic rings. The Kier molecular flexibility index (Phi) is 3.80. The first kappa shape index (κ1) is 13.9. The largest absolute Gasteiger partial charge is 0.488 e. The van der Waals surface area contributed by atoms with Gasteiger partial charge in [0.05, 0.1) is 4.47 Å². The fourth-order valence-electron chi connectivity index (χ4n) is 2.21. The Morgan fingerprint density at radius 3 is 2.52 bits per heavy atom. The van der Waals surface area contributed by atoms with E-state index in [1.54, 1.807) is 12.1 Å². The zero-order valence-electron chi connectivity index (χ0n) is 11.1. The normalized spacial score (nSPS) is 10.8. The van der Waals surface area contributed by atoms with E-state index >= 15 is 0 Å². The van der Waals surface area contributed by atoms with E-state index in [2.05, 4.69) is 15.9 Å². The second-order valence-electron chi connectivity index (χ2n) is 4.74. The van der Waals surface area contributed by atoms with Gasteiger partial charge in [-0.25, -0.2) is 4.39 Å². The molecule has 3 aromatic carbocycles. The highest BCUT2D eigenvalue weighted by Crippen LogP contribution is 2.30. The molecule has 0 amide bonds. The van der Waals surface area contributed by atoms with E-state index < -0.39 is 0 Å². The number of ether oxygens (including phenoxy) is 1. The first-order valence-electron chi connectivity index (χ1n) is 6.49. The lowest BCUT2D eigenvalue weighted by Gasteiger charge is -2.11. The van der Waals surface area contributed by atoms with Crippen molar-refractivity contribution in [2.24, 2.45) is 0 Å². The van der Waals surface area contributed by atoms with Gasteiger partial charge in [-0.3, -0.25) is 0 Å². The molecule has 0 saturated heterocycles. The molecule has 0 aromatic heterocycles. The van der Waals surface area contributed by atoms with Gasteiger partial charge in [0.25, 0.3) is 0 Å². The van der Waals surface area contributed by atoms with Crippen molar-refractivity contribution in [2.75, 3.05) is 5.73 Å². The molecule has 2 N–H and O–H groups in total. The number of halogens is 2. The SMILES string of the molecule is Nc1ccc(OCc2ccc(F)c(Br)c2)c2ccccc12. The van der Waals surface area contributed by atoms with Crippen LogP contribution in [0.3, 0.4) is 0 Å². The van der Waals surface area contributed by atoms with Crippen LogP contribution in [0.2, 0.25) is 0 Å². The molecule has 21 heavy (non-hydrogen) atoms. The fraction of sp³-hybridized carbons (Fsp3) is 0.0588. The number of hydrogen-bond donors (Lipinski definition) is 1. The lowest BCUT2D eigenvalue weighted by molar-refractivity contribution is 0.310. The van der Waals surface area contributed by atoms with Gasteiger partial charge in [0.15, 0.2) is 0 Å². The number of rotatable bonds is 3. The van der Waals surface area contributed by atoms with Gasteiger partial charge < -0.3 is 10.5 Å². The van der Waals surface area contributed by atoms with Gasteiger partial charge in [0.1, 0.15) is 18.2 Å². The summed E-state index contributed by atoms with van der Waals surface area (Å²) in [6.45, 7) is 0.368. The summed E-state index contributed by atoms with van der Waals surface area (Å²) in [5.41, 5.74) is 7.58. The van der Waals surface area contributed by atoms with Gasteiger partial charge in [-0.1, -0.05) is 30.3 Å². The molecule has 0 fully saturated rings. The number of nitrogen functional groups attached to an aromatic ring is 1. The molecule has 0 atom stereocenters. The average molecular weight is 346 g/mol. The third-order valence-electron chi connectivity index (χ3n) is 3.30. The summed E-state index contributed by atoms with van der Waals surface area (Å²) in [4.78, 5) is 0. The minimum atomic E-state index is -0.281. The highest BCUT2D eigenvalue weighted by atomic mass is 79.9. The van der Waals surface area contributed by atoms with Crippen molar-refractivity contribution in [3.63, 3.8) is 0 Å². The maximum absolute atomic E-state index is 13.2. The van der Waals surface area contributed by atoms with Crippen molar-refractivity contribution < 1.29 is 9.13 Å². The summed E-state index contributed by atoms with van der Waals surface area (Å²) in [6, 6.07) is 16.4. The molecule has 0 saturated carbocycles. The van der Waals surface area contributed by atoms with Gasteiger partial charge in [0.2, 0.25) is 0 Å². The Morgan fingerprint density at radius 1 is 1.00 bits per heavy atom. The van der Waals surface area contributed by atoms with E-state index in [1.165, 1.54) is 6.07 Å². The van der Waals surface area contributed by atoms with Crippen LogP contribution in [-0.2, 0) is 6.61 Å². The van der Waals surface area contributed by atoms with E-state index in [0.29, 0.717) is 11.1 Å². The molecule has 0 heterocycles. The van der Waals surface area contributed by atoms with Crippen LogP contribution in [0, 0.1) is 5.82 Å². The van der Waals surface area contributed by atoms with E-state index in [9.17, 15) is 4.39 Å². The predicted octanol–water partition coefficient (Wildman–Crippen LogP) is 4.90. The smallest absolute Gasteiger partial charge is 0.137 e. The molecule has 0 aliphatic heterocycles. The standard InChI is InChI=1S/C17H13BrFNO/c18-14-9-11(5-6-15(14)19)10-21-17-8-7-16(20)12-3-1-2-4-13(12)17/h1-9H,10,20H2. The molecular weight excluding hydrogens is 333 g/mol. The summed E-state index contributed by atoms with van der Waals surface area (Å²) < 4.78 is 19.5. The van der Waals surface area contributed by atoms with Crippen LogP contribution in [0.5, 0.6) is 5.75 Å². The van der Waals surface area contributed by atoms with Gasteiger partial charge >= 0.3 is 0 Å². The van der Waals surface area contributed by atoms with Crippen molar-refractivity contribution in [3.05, 3.63) is 70.5 Å². The molecule has 4 heteroatoms. The van der Waals surface area contributed by atoms with Crippen LogP contribution in [0.4, 0.5) is 10.1 Å². The van der Waals surface area contributed by atoms with Crippen LogP contribution in [0.15, 0.2) is 59.1 Å². The Bertz CT molecular complexity index is 804. The number of fused-ring (bicyclic) bond motifs is 1. The second kappa shape index (κ2) is 5.74. The molecule has 0 spiro atoms. The summed E-state index contributed by atoms with van der Waals surface area (Å²) in [5, 5.41) is 1.94. The third-order valence-corrected chi connectivity index (χ3v) is 3.90. The highest BCUT2D eigenvalue weighted by molar-refractivity contribution is 9.10. The Labute approximate surface area is 130 Å². The maximum atomic E-state index is 13.2. The molecule has 0 aliphatic rings. The number of nitrogens with two attached hydrogens (primary N) is 1. The van der Waals surface area contributed by atoms with Crippen molar-refractivity contribution >= 4 is 32.4 Å². The number of benzene rings is 3. The number of anilines is 1. The minimum Gasteiger partial charge on any atom is -0.488 e. The molecule has 3 rings (SSSR count). The van der Waals surface area contributed by atoms with Crippen molar-refractivity contribution in [3.8, 4) is 5.75 Å². The maximum Gasteiger partial charge on any atom is 0.137 e. The van der Waals surface area contributed by atoms with Gasteiger partial charge in [-0.05, 0) is 45.8 Å². The average Bonchev–Trinajstić information content (AvgIpc) is 2.50. The summed E-state index contributed by atoms with van der Waals surface area (Å²) >= 11 is 3.17. The van der Waals surface area contributed by atoms with E-state index in [0.717, 1.165) is 27.8 Å². The molecule has 0 bridgehead atoms. The Morgan fingerprint density at radius 2 is 1.76 bits per heavy atom. The molecule has 106 valence electrons. The summed E-state index contributed by atoms with van der Waals surface area (Å²) in [6.07, 6.45) is 0. The fourth-order valence-corrected chi connectivity index (χ4v) is 2.64. The van der Waals surface area contributed by atoms with Crippen LogP contribution in [-0.4, -0.2) is 0 Å². The second-order valence-corrected chi connectivity index (χ2v) is 5.59. The van der Waals surface area contributed by atoms with Crippen molar-refractivity contribution in [1.29, 1.82) is 0 Å². The minimum absolute atomic E-state index is 0.281. The molecular formula is C17H13BrFNO. The monoisotopic (exact) mass is 345 g/mol. The van der Waals surface area contributed by atoms with Crippen LogP contribution in [0.25, 0.3) is 10.8 Å². The third kappa shape index (κ3) is 2.85. The van der Waals surface area contributed by atoms with Gasteiger partial charge in [-0.15, -0.1) is 0 Å². The molecule has 0 radical (unpaired) electrons. The van der Waals surface area contributed by atoms with Crippen LogP contribution < -0.4 is 10.5 Å². The first-order valence-corrected chi connectivity index (χ1v) is 7.28. The summed E-state index contributed by atoms with van der Waals surface area (Å²) in [7, 11) is 0. The zero-order chi connectivity index (χ0) is 14.8. The molecule has 2 nitrogen and oxygen atoms in total. The lowest BCUT2D eigenvalue weighted by Crippen LogP contribution is -1.97. The van der Waals surface area contributed by atoms with Crippen LogP contribution in [0.1, 0.15) is 5.56 Å². The zero-order valence-corrected chi connectivity index (χ0v) is 12.7. The van der Waals surface area contributed by atoms with E-state index in [1.807, 2.05) is 36.4 Å². The van der Waals surface area contributed by atoms with Crippen LogP contribution >= 0.6 is 15.9 Å². The number of hydrogen-bond acceptors (Lipinski definition) is 2. The Balaban J connectivity index is 1.88. The summed E-state index contributed by atoms with van der Waals surface area (Å²) in [5.74, 6) is 0.483. The highest BCUT2D eigenvalue weighted by Gasteiger charge is 2.06. The first-order chi connectivity index (χ1) is 10.1. The topological polar surface area (TPSA) is 35.2 Å². The van der Waals surface area contributed by atoms with E-state index in [4.69, 9.17) is 10.5 Å².